The fraction of sp³-hybridized carbons (Fsp3) is 0.0455. The maximum absolute atomic E-state index is 13.3. The molecule has 0 aliphatic heterocycles. The van der Waals surface area contributed by atoms with E-state index >= 15 is 0 Å². The molecule has 21 heteroatoms. The molecule has 0 radical (unpaired) electrons. The molecule has 0 fully saturated rings. The molecule has 0 spiro atoms. The van der Waals surface area contributed by atoms with Gasteiger partial charge in [0.25, 0.3) is 31.7 Å². The Kier molecular flexibility index (Phi) is 8.49. The highest BCUT2D eigenvalue weighted by Gasteiger charge is 2.26. The minimum Gasteiger partial charge on any atom is -0.476 e. The molecule has 4 aromatic rings. The zero-order valence-electron chi connectivity index (χ0n) is 21.0. The third-order valence-electron chi connectivity index (χ3n) is 5.55. The number of nitrogens with zero attached hydrogens (tertiary/aromatic N) is 5. The van der Waals surface area contributed by atoms with Crippen LogP contribution < -0.4 is 10.9 Å². The van der Waals surface area contributed by atoms with Crippen molar-refractivity contribution in [3.63, 3.8) is 0 Å². The van der Waals surface area contributed by atoms with Crippen LogP contribution in [0.15, 0.2) is 67.3 Å². The van der Waals surface area contributed by atoms with Crippen molar-refractivity contribution in [3.05, 3.63) is 79.9 Å². The molecular formula is C22H15Cl2N7O10S2. The van der Waals surface area contributed by atoms with Crippen LogP contribution in [0.25, 0.3) is 5.69 Å². The summed E-state index contributed by atoms with van der Waals surface area (Å²) in [6.07, 6.45) is 0. The van der Waals surface area contributed by atoms with Crippen LogP contribution in [0.2, 0.25) is 10.3 Å². The quantitative estimate of drug-likeness (QED) is 0.133. The Morgan fingerprint density at radius 1 is 0.977 bits per heavy atom. The van der Waals surface area contributed by atoms with Gasteiger partial charge in [0, 0.05) is 5.69 Å². The van der Waals surface area contributed by atoms with Crippen molar-refractivity contribution >= 4 is 72.4 Å². The highest BCUT2D eigenvalue weighted by atomic mass is 35.5. The first-order valence-electron chi connectivity index (χ1n) is 11.2. The summed E-state index contributed by atoms with van der Waals surface area (Å²) in [6.45, 7) is 1.17. The molecule has 5 N–H and O–H groups in total. The number of rotatable bonds is 8. The summed E-state index contributed by atoms with van der Waals surface area (Å²) in [5, 5.41) is 27.8. The third-order valence-corrected chi connectivity index (χ3v) is 7.90. The summed E-state index contributed by atoms with van der Waals surface area (Å²) >= 11 is 11.6. The molecule has 2 aromatic heterocycles. The van der Waals surface area contributed by atoms with Crippen LogP contribution >= 0.6 is 23.2 Å². The zero-order valence-corrected chi connectivity index (χ0v) is 24.2. The predicted octanol–water partition coefficient (Wildman–Crippen LogP) is 3.43. The molecule has 2 aromatic carbocycles. The number of azo groups is 1. The van der Waals surface area contributed by atoms with Gasteiger partial charge in [-0.15, -0.1) is 20.4 Å². The number of anilines is 1. The van der Waals surface area contributed by atoms with Crippen molar-refractivity contribution < 1.29 is 40.6 Å². The van der Waals surface area contributed by atoms with Gasteiger partial charge in [0.15, 0.2) is 21.7 Å². The molecule has 1 amide bonds. The SMILES string of the molecule is Cc1c(-n2[nH]c(C(=O)O)c(N=Nc3ccccc3S(=O)(=O)O)c2=O)cc(NC(=O)c2cc(Cl)nnc2Cl)cc1S(=O)(=O)O. The highest BCUT2D eigenvalue weighted by molar-refractivity contribution is 7.86. The molecule has 224 valence electrons. The lowest BCUT2D eigenvalue weighted by Crippen LogP contribution is -2.19. The van der Waals surface area contributed by atoms with E-state index in [1.807, 2.05) is 0 Å². The maximum atomic E-state index is 13.3. The number of H-pyrrole nitrogens is 1. The topological polar surface area (TPSA) is 263 Å². The fourth-order valence-corrected chi connectivity index (χ4v) is 5.37. The minimum atomic E-state index is -4.99. The van der Waals surface area contributed by atoms with E-state index in [4.69, 9.17) is 23.2 Å². The summed E-state index contributed by atoms with van der Waals surface area (Å²) in [4.78, 5) is 36.7. The predicted molar refractivity (Wildman–Crippen MR) is 148 cm³/mol. The second kappa shape index (κ2) is 11.6. The molecule has 4 rings (SSSR count). The van der Waals surface area contributed by atoms with Gasteiger partial charge in [0.2, 0.25) is 0 Å². The largest absolute Gasteiger partial charge is 0.476 e. The van der Waals surface area contributed by atoms with Crippen molar-refractivity contribution in [1.29, 1.82) is 0 Å². The summed E-state index contributed by atoms with van der Waals surface area (Å²) in [6, 6.07) is 7.68. The zero-order chi connectivity index (χ0) is 31.9. The summed E-state index contributed by atoms with van der Waals surface area (Å²) in [5.41, 5.74) is -4.59. The normalized spacial score (nSPS) is 12.0. The van der Waals surface area contributed by atoms with Gasteiger partial charge in [0.1, 0.15) is 15.5 Å². The average molecular weight is 672 g/mol. The number of nitrogens with one attached hydrogen (secondary N) is 2. The van der Waals surface area contributed by atoms with Crippen LogP contribution in [0.3, 0.4) is 0 Å². The number of benzene rings is 2. The maximum Gasteiger partial charge on any atom is 0.356 e. The first-order chi connectivity index (χ1) is 20.0. The molecule has 0 unspecified atom stereocenters. The van der Waals surface area contributed by atoms with Gasteiger partial charge >= 0.3 is 5.97 Å². The van der Waals surface area contributed by atoms with Gasteiger partial charge in [-0.05, 0) is 42.8 Å². The molecule has 17 nitrogen and oxygen atoms in total. The number of halogens is 2. The van der Waals surface area contributed by atoms with E-state index in [-0.39, 0.29) is 32.8 Å². The van der Waals surface area contributed by atoms with Crippen LogP contribution in [0, 0.1) is 6.92 Å². The molecule has 0 saturated carbocycles. The lowest BCUT2D eigenvalue weighted by Gasteiger charge is -2.14. The van der Waals surface area contributed by atoms with E-state index in [0.717, 1.165) is 30.3 Å². The third kappa shape index (κ3) is 6.61. The van der Waals surface area contributed by atoms with Crippen molar-refractivity contribution in [3.8, 4) is 5.69 Å². The molecule has 0 aliphatic carbocycles. The number of carboxylic acid groups (broad SMARTS) is 1. The number of hydrogen-bond acceptors (Lipinski definition) is 11. The number of carboxylic acids is 1. The van der Waals surface area contributed by atoms with E-state index in [0.29, 0.717) is 4.68 Å². The summed E-state index contributed by atoms with van der Waals surface area (Å²) in [5.74, 6) is -2.67. The Morgan fingerprint density at radius 2 is 1.63 bits per heavy atom. The number of aromatic amines is 1. The first-order valence-corrected chi connectivity index (χ1v) is 14.8. The number of aromatic carboxylic acids is 1. The highest BCUT2D eigenvalue weighted by Crippen LogP contribution is 2.30. The standard InChI is InChI=1S/C22H15Cl2N7O10S2/c1-9-13(6-10(7-15(9)43(39,40)41)25-20(32)11-8-16(23)27-29-19(11)24)31-21(33)17(18(30-31)22(34)35)28-26-12-4-2-3-5-14(12)42(36,37)38/h2-8,30H,1H3,(H,25,32)(H,34,35)(H,36,37,38)(H,39,40,41). The van der Waals surface area contributed by atoms with Crippen molar-refractivity contribution in [2.24, 2.45) is 10.2 Å². The van der Waals surface area contributed by atoms with Crippen molar-refractivity contribution in [2.75, 3.05) is 5.32 Å². The van der Waals surface area contributed by atoms with Gasteiger partial charge in [-0.25, -0.2) is 9.48 Å². The molecule has 0 bridgehead atoms. The van der Waals surface area contributed by atoms with Crippen LogP contribution in [0.5, 0.6) is 0 Å². The summed E-state index contributed by atoms with van der Waals surface area (Å²) < 4.78 is 67.4. The smallest absolute Gasteiger partial charge is 0.356 e. The summed E-state index contributed by atoms with van der Waals surface area (Å²) in [7, 11) is -9.76. The number of carbonyl (C=O) groups excluding carboxylic acids is 1. The Hall–Kier alpha value is -4.53. The van der Waals surface area contributed by atoms with Gasteiger partial charge in [-0.2, -0.15) is 16.8 Å². The molecule has 0 saturated heterocycles. The van der Waals surface area contributed by atoms with Crippen LogP contribution in [-0.4, -0.2) is 62.9 Å². The Labute approximate surface area is 250 Å². The number of amides is 1. The molecule has 0 aliphatic rings. The fourth-order valence-electron chi connectivity index (χ4n) is 3.66. The van der Waals surface area contributed by atoms with Gasteiger partial charge < -0.3 is 10.4 Å². The molecule has 2 heterocycles. The Balaban J connectivity index is 1.90. The number of hydrogen-bond donors (Lipinski definition) is 5. The second-order valence-corrected chi connectivity index (χ2v) is 11.9. The molecule has 0 atom stereocenters. The average Bonchev–Trinajstić information content (AvgIpc) is 3.24. The van der Waals surface area contributed by atoms with Gasteiger partial charge in [-0.1, -0.05) is 35.3 Å². The van der Waals surface area contributed by atoms with E-state index in [1.165, 1.54) is 19.1 Å². The monoisotopic (exact) mass is 671 g/mol. The molecular weight excluding hydrogens is 657 g/mol. The van der Waals surface area contributed by atoms with E-state index in [1.54, 1.807) is 0 Å². The first kappa shape index (κ1) is 31.4. The van der Waals surface area contributed by atoms with Crippen LogP contribution in [-0.2, 0) is 20.2 Å². The molecule has 43 heavy (non-hydrogen) atoms. The Bertz CT molecular complexity index is 2130. The van der Waals surface area contributed by atoms with Crippen molar-refractivity contribution in [2.45, 2.75) is 16.7 Å². The van der Waals surface area contributed by atoms with E-state index in [2.05, 4.69) is 30.8 Å². The number of carbonyl (C=O) groups is 2. The van der Waals surface area contributed by atoms with E-state index < -0.39 is 64.5 Å². The lowest BCUT2D eigenvalue weighted by atomic mass is 10.1. The van der Waals surface area contributed by atoms with Crippen molar-refractivity contribution in [1.82, 2.24) is 20.0 Å². The van der Waals surface area contributed by atoms with Gasteiger partial charge in [-0.3, -0.25) is 23.8 Å². The van der Waals surface area contributed by atoms with Crippen LogP contribution in [0.4, 0.5) is 17.1 Å². The van der Waals surface area contributed by atoms with Crippen LogP contribution in [0.1, 0.15) is 26.4 Å². The number of aromatic nitrogens is 4. The minimum absolute atomic E-state index is 0.196. The second-order valence-electron chi connectivity index (χ2n) is 8.34. The lowest BCUT2D eigenvalue weighted by molar-refractivity contribution is 0.0690. The van der Waals surface area contributed by atoms with Gasteiger partial charge in [0.05, 0.1) is 11.3 Å². The Morgan fingerprint density at radius 3 is 2.26 bits per heavy atom. The van der Waals surface area contributed by atoms with E-state index in [9.17, 15) is 45.4 Å².